The fourth-order valence-corrected chi connectivity index (χ4v) is 4.18. The molecule has 1 aromatic rings. The summed E-state index contributed by atoms with van der Waals surface area (Å²) in [6.45, 7) is 3.75. The van der Waals surface area contributed by atoms with E-state index in [4.69, 9.17) is 0 Å². The van der Waals surface area contributed by atoms with Crippen LogP contribution in [0.15, 0.2) is 29.2 Å². The fraction of sp³-hybridized carbons (Fsp3) is 0.462. The van der Waals surface area contributed by atoms with E-state index in [1.807, 2.05) is 13.8 Å². The third-order valence-corrected chi connectivity index (χ3v) is 5.45. The molecule has 2 atom stereocenters. The van der Waals surface area contributed by atoms with Crippen LogP contribution in [0.1, 0.15) is 25.3 Å². The first-order valence-corrected chi connectivity index (χ1v) is 7.46. The van der Waals surface area contributed by atoms with Crippen LogP contribution < -0.4 is 0 Å². The van der Waals surface area contributed by atoms with Gasteiger partial charge in [-0.25, -0.2) is 8.42 Å². The van der Waals surface area contributed by atoms with Crippen LogP contribution in [-0.4, -0.2) is 31.1 Å². The maximum absolute atomic E-state index is 12.5. The molecule has 2 rings (SSSR count). The first kappa shape index (κ1) is 13.2. The van der Waals surface area contributed by atoms with Crippen LogP contribution in [0.2, 0.25) is 0 Å². The highest BCUT2D eigenvalue weighted by atomic mass is 32.2. The van der Waals surface area contributed by atoms with Crippen LogP contribution in [0.3, 0.4) is 0 Å². The van der Waals surface area contributed by atoms with Crippen molar-refractivity contribution in [2.45, 2.75) is 43.7 Å². The highest BCUT2D eigenvalue weighted by Gasteiger charge is 2.39. The Labute approximate surface area is 108 Å². The molecule has 1 saturated heterocycles. The Morgan fingerprint density at radius 3 is 2.39 bits per heavy atom. The molecule has 18 heavy (non-hydrogen) atoms. The predicted octanol–water partition coefficient (Wildman–Crippen LogP) is 1.74. The number of benzene rings is 1. The van der Waals surface area contributed by atoms with Gasteiger partial charge in [-0.05, 0) is 38.8 Å². The molecule has 0 spiro atoms. The molecule has 0 bridgehead atoms. The maximum atomic E-state index is 12.5. The summed E-state index contributed by atoms with van der Waals surface area (Å²) < 4.78 is 26.3. The highest BCUT2D eigenvalue weighted by molar-refractivity contribution is 7.89. The Kier molecular flexibility index (Phi) is 3.54. The molecule has 0 aromatic heterocycles. The van der Waals surface area contributed by atoms with Gasteiger partial charge in [-0.1, -0.05) is 17.7 Å². The van der Waals surface area contributed by atoms with E-state index in [2.05, 4.69) is 0 Å². The van der Waals surface area contributed by atoms with Crippen LogP contribution in [0.5, 0.6) is 0 Å². The molecule has 1 aromatic carbocycles. The zero-order valence-corrected chi connectivity index (χ0v) is 11.4. The second-order valence-electron chi connectivity index (χ2n) is 4.78. The number of aryl methyl sites for hydroxylation is 1. The molecule has 0 unspecified atom stereocenters. The van der Waals surface area contributed by atoms with Crippen LogP contribution in [-0.2, 0) is 14.8 Å². The van der Waals surface area contributed by atoms with Gasteiger partial charge in [-0.2, -0.15) is 4.31 Å². The minimum atomic E-state index is -3.56. The largest absolute Gasteiger partial charge is 0.302 e. The number of nitrogens with zero attached hydrogens (tertiary/aromatic N) is 1. The number of sulfonamides is 1. The summed E-state index contributed by atoms with van der Waals surface area (Å²) in [6.07, 6.45) is 2.07. The molecule has 0 amide bonds. The van der Waals surface area contributed by atoms with Crippen molar-refractivity contribution in [1.82, 2.24) is 4.31 Å². The first-order chi connectivity index (χ1) is 8.46. The SMILES string of the molecule is Cc1ccc(S(=O)(=O)N2[C@H](C=O)CC[C@@H]2C)cc1. The minimum Gasteiger partial charge on any atom is -0.302 e. The standard InChI is InChI=1S/C13H17NO3S/c1-10-3-7-13(8-4-10)18(16,17)14-11(2)5-6-12(14)9-15/h3-4,7-9,11-12H,5-6H2,1-2H3/t11-,12-/m0/s1. The smallest absolute Gasteiger partial charge is 0.243 e. The quantitative estimate of drug-likeness (QED) is 0.784. The summed E-state index contributed by atoms with van der Waals surface area (Å²) in [5, 5.41) is 0. The van der Waals surface area contributed by atoms with Gasteiger partial charge in [0.15, 0.2) is 0 Å². The van der Waals surface area contributed by atoms with Crippen molar-refractivity contribution < 1.29 is 13.2 Å². The summed E-state index contributed by atoms with van der Waals surface area (Å²) in [5.41, 5.74) is 1.01. The van der Waals surface area contributed by atoms with Crippen molar-refractivity contribution in [3.05, 3.63) is 29.8 Å². The maximum Gasteiger partial charge on any atom is 0.243 e. The van der Waals surface area contributed by atoms with Gasteiger partial charge in [0.05, 0.1) is 10.9 Å². The lowest BCUT2D eigenvalue weighted by Crippen LogP contribution is -2.40. The summed E-state index contributed by atoms with van der Waals surface area (Å²) in [5.74, 6) is 0. The van der Waals surface area contributed by atoms with Crippen molar-refractivity contribution in [3.63, 3.8) is 0 Å². The van der Waals surface area contributed by atoms with E-state index < -0.39 is 16.1 Å². The van der Waals surface area contributed by atoms with E-state index in [0.29, 0.717) is 6.42 Å². The Balaban J connectivity index is 2.41. The van der Waals surface area contributed by atoms with Gasteiger partial charge < -0.3 is 4.79 Å². The van der Waals surface area contributed by atoms with Crippen molar-refractivity contribution >= 4 is 16.3 Å². The van der Waals surface area contributed by atoms with Crippen LogP contribution in [0.4, 0.5) is 0 Å². The van der Waals surface area contributed by atoms with E-state index in [-0.39, 0.29) is 10.9 Å². The lowest BCUT2D eigenvalue weighted by molar-refractivity contribution is -0.110. The van der Waals surface area contributed by atoms with Crippen LogP contribution >= 0.6 is 0 Å². The van der Waals surface area contributed by atoms with Gasteiger partial charge in [0.2, 0.25) is 10.0 Å². The van der Waals surface area contributed by atoms with Gasteiger partial charge in [0, 0.05) is 6.04 Å². The Morgan fingerprint density at radius 2 is 1.83 bits per heavy atom. The van der Waals surface area contributed by atoms with Crippen molar-refractivity contribution in [3.8, 4) is 0 Å². The third kappa shape index (κ3) is 2.20. The van der Waals surface area contributed by atoms with Crippen molar-refractivity contribution in [1.29, 1.82) is 0 Å². The Bertz CT molecular complexity index is 536. The minimum absolute atomic E-state index is 0.119. The van der Waals surface area contributed by atoms with E-state index in [0.717, 1.165) is 18.3 Å². The summed E-state index contributed by atoms with van der Waals surface area (Å²) >= 11 is 0. The second kappa shape index (κ2) is 4.82. The zero-order chi connectivity index (χ0) is 13.3. The molecular weight excluding hydrogens is 250 g/mol. The van der Waals surface area contributed by atoms with Gasteiger partial charge >= 0.3 is 0 Å². The number of rotatable bonds is 3. The molecule has 0 radical (unpaired) electrons. The average Bonchev–Trinajstić information content (AvgIpc) is 2.71. The molecular formula is C13H17NO3S. The van der Waals surface area contributed by atoms with E-state index >= 15 is 0 Å². The van der Waals surface area contributed by atoms with E-state index in [1.165, 1.54) is 4.31 Å². The molecule has 1 fully saturated rings. The van der Waals surface area contributed by atoms with E-state index in [1.54, 1.807) is 24.3 Å². The summed E-state index contributed by atoms with van der Waals surface area (Å²) in [7, 11) is -3.56. The molecule has 0 saturated carbocycles. The lowest BCUT2D eigenvalue weighted by Gasteiger charge is -2.24. The molecule has 1 heterocycles. The number of hydrogen-bond acceptors (Lipinski definition) is 3. The summed E-state index contributed by atoms with van der Waals surface area (Å²) in [4.78, 5) is 11.2. The van der Waals surface area contributed by atoms with Crippen molar-refractivity contribution in [2.24, 2.45) is 0 Å². The van der Waals surface area contributed by atoms with Crippen LogP contribution in [0.25, 0.3) is 0 Å². The van der Waals surface area contributed by atoms with Gasteiger partial charge in [-0.15, -0.1) is 0 Å². The Morgan fingerprint density at radius 1 is 1.22 bits per heavy atom. The topological polar surface area (TPSA) is 54.5 Å². The molecule has 4 nitrogen and oxygen atoms in total. The van der Waals surface area contributed by atoms with Crippen molar-refractivity contribution in [2.75, 3.05) is 0 Å². The molecule has 1 aliphatic rings. The monoisotopic (exact) mass is 267 g/mol. The molecule has 0 aliphatic carbocycles. The molecule has 1 aliphatic heterocycles. The first-order valence-electron chi connectivity index (χ1n) is 6.02. The average molecular weight is 267 g/mol. The lowest BCUT2D eigenvalue weighted by atomic mass is 10.2. The number of carbonyl (C=O) groups is 1. The third-order valence-electron chi connectivity index (χ3n) is 3.39. The molecule has 98 valence electrons. The highest BCUT2D eigenvalue weighted by Crippen LogP contribution is 2.29. The van der Waals surface area contributed by atoms with Crippen LogP contribution in [0, 0.1) is 6.92 Å². The zero-order valence-electron chi connectivity index (χ0n) is 10.5. The molecule has 5 heteroatoms. The number of aldehydes is 1. The van der Waals surface area contributed by atoms with Gasteiger partial charge in [0.25, 0.3) is 0 Å². The number of carbonyl (C=O) groups excluding carboxylic acids is 1. The number of hydrogen-bond donors (Lipinski definition) is 0. The van der Waals surface area contributed by atoms with E-state index in [9.17, 15) is 13.2 Å². The van der Waals surface area contributed by atoms with Gasteiger partial charge in [-0.3, -0.25) is 0 Å². The molecule has 0 N–H and O–H groups in total. The normalized spacial score (nSPS) is 25.2. The summed E-state index contributed by atoms with van der Waals surface area (Å²) in [6, 6.07) is 6.08. The predicted molar refractivity (Wildman–Crippen MR) is 68.8 cm³/mol. The second-order valence-corrected chi connectivity index (χ2v) is 6.62. The van der Waals surface area contributed by atoms with Gasteiger partial charge in [0.1, 0.15) is 6.29 Å². The Hall–Kier alpha value is -1.20. The fourth-order valence-electron chi connectivity index (χ4n) is 2.37.